The molecule has 2 heterocycles. The molecule has 0 bridgehead atoms. The SMILES string of the molecule is N#Cc1cc2ccc(-c3ccccc3-c3nc(-c4ccccc4)nc(-c4ccccc4)n3)cc2cc1-c1ccc(-c2nc(-c3ccccc3)nc(-c3ccccc3)n2)cc1. The second kappa shape index (κ2) is 15.8. The Balaban J connectivity index is 1.03. The minimum absolute atomic E-state index is 0.571. The Morgan fingerprint density at radius 2 is 0.633 bits per heavy atom. The van der Waals surface area contributed by atoms with Crippen LogP contribution in [0.2, 0.25) is 0 Å². The Kier molecular flexibility index (Phi) is 9.47. The average molecular weight is 768 g/mol. The number of nitriles is 1. The molecule has 2 aromatic heterocycles. The molecule has 0 unspecified atom stereocenters. The van der Waals surface area contributed by atoms with E-state index in [1.165, 1.54) is 0 Å². The molecule has 0 amide bonds. The van der Waals surface area contributed by atoms with Crippen LogP contribution in [0.1, 0.15) is 5.56 Å². The molecule has 0 N–H and O–H groups in total. The third kappa shape index (κ3) is 7.17. The molecule has 10 rings (SSSR count). The molecule has 0 aliphatic rings. The van der Waals surface area contributed by atoms with Crippen LogP contribution in [0.3, 0.4) is 0 Å². The molecule has 0 aliphatic carbocycles. The van der Waals surface area contributed by atoms with Crippen LogP contribution in [0.5, 0.6) is 0 Å². The first kappa shape index (κ1) is 35.9. The molecule has 0 aliphatic heterocycles. The summed E-state index contributed by atoms with van der Waals surface area (Å²) < 4.78 is 0. The Morgan fingerprint density at radius 1 is 0.267 bits per heavy atom. The van der Waals surface area contributed by atoms with Gasteiger partial charge in [0.05, 0.1) is 11.6 Å². The van der Waals surface area contributed by atoms with Gasteiger partial charge in [-0.2, -0.15) is 5.26 Å². The topological polar surface area (TPSA) is 101 Å². The van der Waals surface area contributed by atoms with Crippen molar-refractivity contribution in [2.75, 3.05) is 0 Å². The van der Waals surface area contributed by atoms with Crippen LogP contribution < -0.4 is 0 Å². The normalized spacial score (nSPS) is 11.0. The third-order valence-electron chi connectivity index (χ3n) is 10.4. The van der Waals surface area contributed by atoms with Gasteiger partial charge in [-0.3, -0.25) is 0 Å². The number of benzene rings is 8. The van der Waals surface area contributed by atoms with Crippen molar-refractivity contribution in [1.82, 2.24) is 29.9 Å². The Labute approximate surface area is 347 Å². The van der Waals surface area contributed by atoms with Gasteiger partial charge in [0, 0.05) is 38.9 Å². The zero-order chi connectivity index (χ0) is 40.3. The molecule has 0 fully saturated rings. The lowest BCUT2D eigenvalue weighted by molar-refractivity contribution is 1.07. The average Bonchev–Trinajstić information content (AvgIpc) is 3.34. The van der Waals surface area contributed by atoms with E-state index in [-0.39, 0.29) is 0 Å². The molecule has 7 heteroatoms. The van der Waals surface area contributed by atoms with Crippen LogP contribution in [0.15, 0.2) is 200 Å². The van der Waals surface area contributed by atoms with E-state index in [9.17, 15) is 5.26 Å². The lowest BCUT2D eigenvalue weighted by Crippen LogP contribution is -2.01. The molecule has 0 saturated carbocycles. The summed E-state index contributed by atoms with van der Waals surface area (Å²) in [6.45, 7) is 0. The summed E-state index contributed by atoms with van der Waals surface area (Å²) >= 11 is 0. The van der Waals surface area contributed by atoms with Crippen LogP contribution in [-0.4, -0.2) is 29.9 Å². The number of hydrogen-bond acceptors (Lipinski definition) is 7. The molecule has 280 valence electrons. The van der Waals surface area contributed by atoms with Crippen molar-refractivity contribution < 1.29 is 0 Å². The van der Waals surface area contributed by atoms with Gasteiger partial charge in [-0.1, -0.05) is 182 Å². The van der Waals surface area contributed by atoms with E-state index in [4.69, 9.17) is 29.9 Å². The van der Waals surface area contributed by atoms with Gasteiger partial charge in [-0.05, 0) is 45.7 Å². The lowest BCUT2D eigenvalue weighted by atomic mass is 9.92. The van der Waals surface area contributed by atoms with Crippen molar-refractivity contribution in [3.8, 4) is 96.7 Å². The minimum atomic E-state index is 0.571. The highest BCUT2D eigenvalue weighted by Gasteiger charge is 2.17. The highest BCUT2D eigenvalue weighted by atomic mass is 15.0. The van der Waals surface area contributed by atoms with E-state index in [1.54, 1.807) is 0 Å². The summed E-state index contributed by atoms with van der Waals surface area (Å²) in [7, 11) is 0. The Bertz CT molecular complexity index is 3070. The van der Waals surface area contributed by atoms with Gasteiger partial charge in [0.2, 0.25) is 0 Å². The molecular formula is C53H33N7. The lowest BCUT2D eigenvalue weighted by Gasteiger charge is -2.13. The number of aromatic nitrogens is 6. The second-order valence-corrected chi connectivity index (χ2v) is 14.3. The maximum atomic E-state index is 10.4. The largest absolute Gasteiger partial charge is 0.208 e. The summed E-state index contributed by atoms with van der Waals surface area (Å²) in [5, 5.41) is 12.3. The standard InChI is InChI=1S/C53H33N7/c54-34-44-31-41-29-30-42(45-23-13-14-24-46(45)53-59-50(38-19-9-3-10-20-38)58-51(60-53)39-21-11-4-12-22-39)32-43(41)33-47(44)35-25-27-40(28-26-35)52-56-48(36-15-5-1-6-16-36)55-49(57-52)37-17-7-2-8-18-37/h1-33H. The van der Waals surface area contributed by atoms with Gasteiger partial charge >= 0.3 is 0 Å². The number of nitrogens with zero attached hydrogens (tertiary/aromatic N) is 7. The zero-order valence-corrected chi connectivity index (χ0v) is 32.2. The van der Waals surface area contributed by atoms with Crippen molar-refractivity contribution in [3.63, 3.8) is 0 Å². The van der Waals surface area contributed by atoms with Gasteiger partial charge in [0.25, 0.3) is 0 Å². The van der Waals surface area contributed by atoms with E-state index in [2.05, 4.69) is 42.5 Å². The fraction of sp³-hybridized carbons (Fsp3) is 0. The second-order valence-electron chi connectivity index (χ2n) is 14.3. The molecule has 0 spiro atoms. The van der Waals surface area contributed by atoms with Crippen LogP contribution >= 0.6 is 0 Å². The molecule has 0 atom stereocenters. The Morgan fingerprint density at radius 3 is 1.08 bits per heavy atom. The van der Waals surface area contributed by atoms with Crippen LogP contribution in [0.4, 0.5) is 0 Å². The van der Waals surface area contributed by atoms with E-state index < -0.39 is 0 Å². The summed E-state index contributed by atoms with van der Waals surface area (Å²) in [5.41, 5.74) is 9.72. The van der Waals surface area contributed by atoms with Crippen molar-refractivity contribution >= 4 is 10.8 Å². The minimum Gasteiger partial charge on any atom is -0.208 e. The maximum Gasteiger partial charge on any atom is 0.164 e. The first-order chi connectivity index (χ1) is 29.7. The van der Waals surface area contributed by atoms with Crippen LogP contribution in [0, 0.1) is 11.3 Å². The van der Waals surface area contributed by atoms with E-state index >= 15 is 0 Å². The maximum absolute atomic E-state index is 10.4. The fourth-order valence-electron chi connectivity index (χ4n) is 7.39. The van der Waals surface area contributed by atoms with Gasteiger partial charge < -0.3 is 0 Å². The molecule has 8 aromatic carbocycles. The molecule has 0 radical (unpaired) electrons. The summed E-state index contributed by atoms with van der Waals surface area (Å²) in [4.78, 5) is 29.6. The van der Waals surface area contributed by atoms with E-state index in [0.29, 0.717) is 40.5 Å². The van der Waals surface area contributed by atoms with E-state index in [0.717, 1.165) is 66.4 Å². The Hall–Kier alpha value is -8.47. The van der Waals surface area contributed by atoms with E-state index in [1.807, 2.05) is 164 Å². The number of hydrogen-bond donors (Lipinski definition) is 0. The monoisotopic (exact) mass is 767 g/mol. The predicted octanol–water partition coefficient (Wildman–Crippen LogP) is 12.4. The summed E-state index contributed by atoms with van der Waals surface area (Å²) in [6.07, 6.45) is 0. The number of fused-ring (bicyclic) bond motifs is 1. The van der Waals surface area contributed by atoms with Gasteiger partial charge in [0.15, 0.2) is 34.9 Å². The predicted molar refractivity (Wildman–Crippen MR) is 239 cm³/mol. The van der Waals surface area contributed by atoms with Crippen molar-refractivity contribution in [2.24, 2.45) is 0 Å². The molecule has 60 heavy (non-hydrogen) atoms. The molecular weight excluding hydrogens is 735 g/mol. The zero-order valence-electron chi connectivity index (χ0n) is 32.2. The van der Waals surface area contributed by atoms with Gasteiger partial charge in [0.1, 0.15) is 0 Å². The van der Waals surface area contributed by atoms with Crippen LogP contribution in [-0.2, 0) is 0 Å². The smallest absolute Gasteiger partial charge is 0.164 e. The molecule has 7 nitrogen and oxygen atoms in total. The summed E-state index contributed by atoms with van der Waals surface area (Å²) in [6, 6.07) is 69.0. The molecule has 10 aromatic rings. The van der Waals surface area contributed by atoms with Gasteiger partial charge in [-0.25, -0.2) is 29.9 Å². The van der Waals surface area contributed by atoms with Crippen molar-refractivity contribution in [2.45, 2.75) is 0 Å². The third-order valence-corrected chi connectivity index (χ3v) is 10.4. The first-order valence-corrected chi connectivity index (χ1v) is 19.6. The molecule has 0 saturated heterocycles. The first-order valence-electron chi connectivity index (χ1n) is 19.6. The van der Waals surface area contributed by atoms with Gasteiger partial charge in [-0.15, -0.1) is 0 Å². The highest BCUT2D eigenvalue weighted by molar-refractivity contribution is 5.95. The quantitative estimate of drug-likeness (QED) is 0.152. The fourth-order valence-corrected chi connectivity index (χ4v) is 7.39. The number of rotatable bonds is 8. The van der Waals surface area contributed by atoms with Crippen molar-refractivity contribution in [1.29, 1.82) is 5.26 Å². The summed E-state index contributed by atoms with van der Waals surface area (Å²) in [5.74, 6) is 3.58. The van der Waals surface area contributed by atoms with Crippen molar-refractivity contribution in [3.05, 3.63) is 206 Å². The van der Waals surface area contributed by atoms with Crippen LogP contribution in [0.25, 0.3) is 101 Å². The highest BCUT2D eigenvalue weighted by Crippen LogP contribution is 2.36.